The van der Waals surface area contributed by atoms with Gasteiger partial charge < -0.3 is 15.2 Å². The summed E-state index contributed by atoms with van der Waals surface area (Å²) in [6.07, 6.45) is 5.97. The van der Waals surface area contributed by atoms with Crippen molar-refractivity contribution >= 4 is 28.9 Å². The lowest BCUT2D eigenvalue weighted by atomic mass is 10.2. The summed E-state index contributed by atoms with van der Waals surface area (Å²) in [7, 11) is 0. The van der Waals surface area contributed by atoms with E-state index in [2.05, 4.69) is 17.6 Å². The van der Waals surface area contributed by atoms with Crippen LogP contribution >= 0.6 is 12.2 Å². The molecule has 3 N–H and O–H groups in total. The second kappa shape index (κ2) is 11.2. The molecule has 2 rings (SSSR count). The van der Waals surface area contributed by atoms with Crippen LogP contribution in [0.25, 0.3) is 0 Å². The first kappa shape index (κ1) is 20.7. The summed E-state index contributed by atoms with van der Waals surface area (Å²) in [5, 5.41) is 15.0. The third-order valence-corrected chi connectivity index (χ3v) is 4.19. The molecule has 0 aliphatic carbocycles. The van der Waals surface area contributed by atoms with Crippen molar-refractivity contribution in [1.29, 1.82) is 0 Å². The van der Waals surface area contributed by atoms with Crippen LogP contribution in [0.2, 0.25) is 0 Å². The van der Waals surface area contributed by atoms with Crippen LogP contribution in [0.5, 0.6) is 11.5 Å². The topological polar surface area (TPSA) is 70.6 Å². The third-order valence-electron chi connectivity index (χ3n) is 3.99. The SMILES string of the molecule is CCCCCCCOc1ccc(C(=O)NC(=S)Nc2ccc(O)cc2)cc1. The number of aromatic hydroxyl groups is 1. The number of carbonyl (C=O) groups excluding carboxylic acids is 1. The van der Waals surface area contributed by atoms with Crippen molar-refractivity contribution in [3.63, 3.8) is 0 Å². The van der Waals surface area contributed by atoms with E-state index >= 15 is 0 Å². The van der Waals surface area contributed by atoms with Gasteiger partial charge in [-0.15, -0.1) is 0 Å². The first-order valence-electron chi connectivity index (χ1n) is 9.22. The Morgan fingerprint density at radius 2 is 1.67 bits per heavy atom. The van der Waals surface area contributed by atoms with Crippen molar-refractivity contribution in [3.05, 3.63) is 54.1 Å². The number of thiocarbonyl (C=S) groups is 1. The van der Waals surface area contributed by atoms with Gasteiger partial charge in [-0.3, -0.25) is 10.1 Å². The maximum absolute atomic E-state index is 12.3. The van der Waals surface area contributed by atoms with Gasteiger partial charge in [0.2, 0.25) is 0 Å². The Balaban J connectivity index is 1.75. The number of phenols is 1. The summed E-state index contributed by atoms with van der Waals surface area (Å²) in [6, 6.07) is 13.4. The summed E-state index contributed by atoms with van der Waals surface area (Å²) >= 11 is 5.14. The molecule has 0 unspecified atom stereocenters. The van der Waals surface area contributed by atoms with Gasteiger partial charge in [-0.1, -0.05) is 32.6 Å². The van der Waals surface area contributed by atoms with Gasteiger partial charge in [-0.05, 0) is 67.2 Å². The smallest absolute Gasteiger partial charge is 0.257 e. The van der Waals surface area contributed by atoms with Crippen molar-refractivity contribution in [2.45, 2.75) is 39.0 Å². The Labute approximate surface area is 165 Å². The Hall–Kier alpha value is -2.60. The van der Waals surface area contributed by atoms with Crippen LogP contribution < -0.4 is 15.4 Å². The molecule has 2 aromatic rings. The molecular formula is C21H26N2O3S. The number of phenolic OH excluding ortho intramolecular Hbond substituents is 1. The lowest BCUT2D eigenvalue weighted by Gasteiger charge is -2.10. The van der Waals surface area contributed by atoms with E-state index < -0.39 is 0 Å². The number of nitrogens with one attached hydrogen (secondary N) is 2. The number of rotatable bonds is 9. The minimum absolute atomic E-state index is 0.166. The molecule has 27 heavy (non-hydrogen) atoms. The van der Waals surface area contributed by atoms with Crippen LogP contribution in [-0.4, -0.2) is 22.7 Å². The maximum Gasteiger partial charge on any atom is 0.257 e. The molecule has 0 radical (unpaired) electrons. The fourth-order valence-corrected chi connectivity index (χ4v) is 2.69. The number of amides is 1. The minimum atomic E-state index is -0.294. The van der Waals surface area contributed by atoms with Gasteiger partial charge in [0, 0.05) is 11.3 Å². The fraction of sp³-hybridized carbons (Fsp3) is 0.333. The van der Waals surface area contributed by atoms with E-state index in [1.54, 1.807) is 36.4 Å². The largest absolute Gasteiger partial charge is 0.508 e. The van der Waals surface area contributed by atoms with Crippen molar-refractivity contribution in [1.82, 2.24) is 5.32 Å². The summed E-state index contributed by atoms with van der Waals surface area (Å²) in [4.78, 5) is 12.3. The summed E-state index contributed by atoms with van der Waals surface area (Å²) in [6.45, 7) is 2.89. The Morgan fingerprint density at radius 1 is 1.00 bits per heavy atom. The maximum atomic E-state index is 12.3. The number of benzene rings is 2. The van der Waals surface area contributed by atoms with E-state index in [4.69, 9.17) is 17.0 Å². The van der Waals surface area contributed by atoms with E-state index in [1.807, 2.05) is 0 Å². The highest BCUT2D eigenvalue weighted by atomic mass is 32.1. The summed E-state index contributed by atoms with van der Waals surface area (Å²) < 4.78 is 5.70. The van der Waals surface area contributed by atoms with Gasteiger partial charge in [-0.25, -0.2) is 0 Å². The van der Waals surface area contributed by atoms with Crippen LogP contribution in [0.3, 0.4) is 0 Å². The Bertz CT molecular complexity index is 730. The first-order valence-corrected chi connectivity index (χ1v) is 9.63. The van der Waals surface area contributed by atoms with Crippen molar-refractivity contribution in [3.8, 4) is 11.5 Å². The molecule has 0 aliphatic rings. The van der Waals surface area contributed by atoms with Crippen LogP contribution in [0, 0.1) is 0 Å². The Morgan fingerprint density at radius 3 is 2.33 bits per heavy atom. The molecule has 0 aromatic heterocycles. The molecule has 5 nitrogen and oxygen atoms in total. The molecule has 0 bridgehead atoms. The molecule has 0 atom stereocenters. The van der Waals surface area contributed by atoms with Crippen LogP contribution in [0.1, 0.15) is 49.4 Å². The average Bonchev–Trinajstić information content (AvgIpc) is 2.67. The number of anilines is 1. The number of ether oxygens (including phenoxy) is 1. The van der Waals surface area contributed by atoms with E-state index in [0.717, 1.165) is 12.2 Å². The zero-order valence-corrected chi connectivity index (χ0v) is 16.3. The van der Waals surface area contributed by atoms with E-state index in [1.165, 1.54) is 37.8 Å². The van der Waals surface area contributed by atoms with Crippen LogP contribution in [0.15, 0.2) is 48.5 Å². The normalized spacial score (nSPS) is 10.3. The predicted octanol–water partition coefficient (Wildman–Crippen LogP) is 4.87. The molecule has 0 aliphatic heterocycles. The second-order valence-corrected chi connectivity index (χ2v) is 6.65. The van der Waals surface area contributed by atoms with Crippen LogP contribution in [-0.2, 0) is 0 Å². The molecule has 0 fully saturated rings. The van der Waals surface area contributed by atoms with E-state index in [0.29, 0.717) is 17.9 Å². The van der Waals surface area contributed by atoms with Gasteiger partial charge in [0.05, 0.1) is 6.61 Å². The first-order chi connectivity index (χ1) is 13.1. The quantitative estimate of drug-likeness (QED) is 0.326. The lowest BCUT2D eigenvalue weighted by Crippen LogP contribution is -2.34. The molecule has 0 saturated heterocycles. The van der Waals surface area contributed by atoms with Gasteiger partial charge in [-0.2, -0.15) is 0 Å². The minimum Gasteiger partial charge on any atom is -0.508 e. The highest BCUT2D eigenvalue weighted by molar-refractivity contribution is 7.80. The molecule has 6 heteroatoms. The monoisotopic (exact) mass is 386 g/mol. The molecular weight excluding hydrogens is 360 g/mol. The van der Waals surface area contributed by atoms with Crippen molar-refractivity contribution < 1.29 is 14.6 Å². The van der Waals surface area contributed by atoms with Gasteiger partial charge >= 0.3 is 0 Å². The van der Waals surface area contributed by atoms with Gasteiger partial charge in [0.1, 0.15) is 11.5 Å². The second-order valence-electron chi connectivity index (χ2n) is 6.24. The third kappa shape index (κ3) is 7.66. The molecule has 144 valence electrons. The van der Waals surface area contributed by atoms with Crippen molar-refractivity contribution in [2.24, 2.45) is 0 Å². The van der Waals surface area contributed by atoms with Crippen molar-refractivity contribution in [2.75, 3.05) is 11.9 Å². The zero-order chi connectivity index (χ0) is 19.5. The van der Waals surface area contributed by atoms with Gasteiger partial charge in [0.15, 0.2) is 5.11 Å². The summed E-state index contributed by atoms with van der Waals surface area (Å²) in [5.74, 6) is 0.628. The standard InChI is InChI=1S/C21H26N2O3S/c1-2-3-4-5-6-15-26-19-13-7-16(8-14-19)20(25)23-21(27)22-17-9-11-18(24)12-10-17/h7-14,24H,2-6,15H2,1H3,(H2,22,23,25,27). The highest BCUT2D eigenvalue weighted by Crippen LogP contribution is 2.15. The zero-order valence-electron chi connectivity index (χ0n) is 15.5. The highest BCUT2D eigenvalue weighted by Gasteiger charge is 2.08. The Kier molecular flexibility index (Phi) is 8.58. The average molecular weight is 387 g/mol. The predicted molar refractivity (Wildman–Crippen MR) is 112 cm³/mol. The number of carbonyl (C=O) groups is 1. The summed E-state index contributed by atoms with van der Waals surface area (Å²) in [5.41, 5.74) is 1.18. The molecule has 0 spiro atoms. The molecule has 2 aromatic carbocycles. The van der Waals surface area contributed by atoms with Crippen LogP contribution in [0.4, 0.5) is 5.69 Å². The fourth-order valence-electron chi connectivity index (χ4n) is 2.48. The van der Waals surface area contributed by atoms with Gasteiger partial charge in [0.25, 0.3) is 5.91 Å². The van der Waals surface area contributed by atoms with E-state index in [-0.39, 0.29) is 16.8 Å². The number of unbranched alkanes of at least 4 members (excludes halogenated alkanes) is 4. The molecule has 0 heterocycles. The lowest BCUT2D eigenvalue weighted by molar-refractivity contribution is 0.0977. The van der Waals surface area contributed by atoms with E-state index in [9.17, 15) is 9.90 Å². The number of hydrogen-bond donors (Lipinski definition) is 3. The number of hydrogen-bond acceptors (Lipinski definition) is 4. The molecule has 1 amide bonds. The molecule has 0 saturated carbocycles.